The number of allylic oxidation sites excluding steroid dienone is 1. The summed E-state index contributed by atoms with van der Waals surface area (Å²) in [6, 6.07) is 3.87. The predicted molar refractivity (Wildman–Crippen MR) is 74.9 cm³/mol. The molecule has 0 saturated heterocycles. The second-order valence-corrected chi connectivity index (χ2v) is 4.22. The fourth-order valence-corrected chi connectivity index (χ4v) is 1.65. The molecule has 0 atom stereocenters. The van der Waals surface area contributed by atoms with Crippen LogP contribution in [0.25, 0.3) is 0 Å². The number of hydrogen-bond acceptors (Lipinski definition) is 2. The third-order valence-electron chi connectivity index (χ3n) is 2.33. The SMILES string of the molecule is C=CCCCNC(=O)Nc1ccc(C(=O)O)c(Cl)c1. The molecule has 0 heterocycles. The van der Waals surface area contributed by atoms with E-state index >= 15 is 0 Å². The van der Waals surface area contributed by atoms with Gasteiger partial charge in [-0.05, 0) is 31.0 Å². The van der Waals surface area contributed by atoms with E-state index in [0.29, 0.717) is 12.2 Å². The highest BCUT2D eigenvalue weighted by Crippen LogP contribution is 2.20. The number of nitrogens with one attached hydrogen (secondary N) is 2. The first-order valence-electron chi connectivity index (χ1n) is 5.73. The third kappa shape index (κ3) is 5.01. The Labute approximate surface area is 116 Å². The number of unbranched alkanes of at least 4 members (excludes halogenated alkanes) is 1. The minimum atomic E-state index is -1.11. The van der Waals surface area contributed by atoms with Crippen LogP contribution in [-0.4, -0.2) is 23.7 Å². The summed E-state index contributed by atoms with van der Waals surface area (Å²) >= 11 is 5.79. The molecule has 3 N–H and O–H groups in total. The number of hydrogen-bond donors (Lipinski definition) is 3. The molecule has 2 amide bonds. The monoisotopic (exact) mass is 282 g/mol. The van der Waals surface area contributed by atoms with Crippen molar-refractivity contribution in [1.29, 1.82) is 0 Å². The first-order valence-corrected chi connectivity index (χ1v) is 6.11. The molecule has 1 aromatic rings. The number of carbonyl (C=O) groups excluding carboxylic acids is 1. The van der Waals surface area contributed by atoms with Crippen LogP contribution < -0.4 is 10.6 Å². The van der Waals surface area contributed by atoms with Gasteiger partial charge < -0.3 is 15.7 Å². The summed E-state index contributed by atoms with van der Waals surface area (Å²) in [7, 11) is 0. The molecular formula is C13H15ClN2O3. The van der Waals surface area contributed by atoms with Crippen LogP contribution in [0.3, 0.4) is 0 Å². The topological polar surface area (TPSA) is 78.4 Å². The van der Waals surface area contributed by atoms with Gasteiger partial charge in [-0.3, -0.25) is 0 Å². The van der Waals surface area contributed by atoms with E-state index in [9.17, 15) is 9.59 Å². The Morgan fingerprint density at radius 2 is 2.16 bits per heavy atom. The van der Waals surface area contributed by atoms with Crippen molar-refractivity contribution in [3.05, 3.63) is 41.4 Å². The van der Waals surface area contributed by atoms with Gasteiger partial charge in [-0.1, -0.05) is 17.7 Å². The largest absolute Gasteiger partial charge is 0.478 e. The molecule has 0 radical (unpaired) electrons. The number of amides is 2. The maximum absolute atomic E-state index is 11.5. The zero-order valence-corrected chi connectivity index (χ0v) is 11.0. The van der Waals surface area contributed by atoms with Gasteiger partial charge in [-0.2, -0.15) is 0 Å². The molecule has 1 rings (SSSR count). The van der Waals surface area contributed by atoms with Gasteiger partial charge in [0.05, 0.1) is 10.6 Å². The van der Waals surface area contributed by atoms with Crippen LogP contribution in [-0.2, 0) is 0 Å². The molecule has 0 bridgehead atoms. The highest BCUT2D eigenvalue weighted by Gasteiger charge is 2.09. The number of anilines is 1. The molecule has 0 aromatic heterocycles. The Morgan fingerprint density at radius 3 is 2.74 bits per heavy atom. The molecule has 0 aliphatic rings. The van der Waals surface area contributed by atoms with Gasteiger partial charge in [0.1, 0.15) is 0 Å². The lowest BCUT2D eigenvalue weighted by atomic mass is 10.2. The fourth-order valence-electron chi connectivity index (χ4n) is 1.39. The fraction of sp³-hybridized carbons (Fsp3) is 0.231. The lowest BCUT2D eigenvalue weighted by Crippen LogP contribution is -2.29. The molecule has 6 heteroatoms. The first-order chi connectivity index (χ1) is 9.04. The van der Waals surface area contributed by atoms with Crippen molar-refractivity contribution in [3.63, 3.8) is 0 Å². The molecule has 0 aliphatic heterocycles. The van der Waals surface area contributed by atoms with Gasteiger partial charge in [0.25, 0.3) is 0 Å². The lowest BCUT2D eigenvalue weighted by molar-refractivity contribution is 0.0697. The number of carboxylic acids is 1. The lowest BCUT2D eigenvalue weighted by Gasteiger charge is -2.08. The molecule has 0 unspecified atom stereocenters. The van der Waals surface area contributed by atoms with Gasteiger partial charge in [0.15, 0.2) is 0 Å². The highest BCUT2D eigenvalue weighted by atomic mass is 35.5. The molecule has 1 aromatic carbocycles. The Hall–Kier alpha value is -2.01. The molecular weight excluding hydrogens is 268 g/mol. The number of aromatic carboxylic acids is 1. The van der Waals surface area contributed by atoms with E-state index in [0.717, 1.165) is 12.8 Å². The van der Waals surface area contributed by atoms with E-state index in [4.69, 9.17) is 16.7 Å². The number of carbonyl (C=O) groups is 2. The second kappa shape index (κ2) is 7.43. The van der Waals surface area contributed by atoms with E-state index in [-0.39, 0.29) is 16.6 Å². The maximum atomic E-state index is 11.5. The summed E-state index contributed by atoms with van der Waals surface area (Å²) in [5.74, 6) is -1.11. The zero-order chi connectivity index (χ0) is 14.3. The normalized spacial score (nSPS) is 9.74. The van der Waals surface area contributed by atoms with Gasteiger partial charge in [0.2, 0.25) is 0 Å². The molecule has 0 spiro atoms. The molecule has 0 saturated carbocycles. The van der Waals surface area contributed by atoms with Crippen molar-refractivity contribution >= 4 is 29.3 Å². The molecule has 102 valence electrons. The van der Waals surface area contributed by atoms with Gasteiger partial charge >= 0.3 is 12.0 Å². The summed E-state index contributed by atoms with van der Waals surface area (Å²) in [6.45, 7) is 4.13. The number of halogens is 1. The summed E-state index contributed by atoms with van der Waals surface area (Å²) in [5.41, 5.74) is 0.440. The Bertz CT molecular complexity index is 489. The quantitative estimate of drug-likeness (QED) is 0.554. The Morgan fingerprint density at radius 1 is 1.42 bits per heavy atom. The molecule has 0 aliphatic carbocycles. The van der Waals surface area contributed by atoms with Gasteiger partial charge in [-0.15, -0.1) is 6.58 Å². The van der Waals surface area contributed by atoms with Crippen molar-refractivity contribution in [3.8, 4) is 0 Å². The van der Waals surface area contributed by atoms with Crippen LogP contribution in [0, 0.1) is 0 Å². The number of carboxylic acid groups (broad SMARTS) is 1. The minimum absolute atomic E-state index is 0.00129. The van der Waals surface area contributed by atoms with Crippen LogP contribution in [0.5, 0.6) is 0 Å². The van der Waals surface area contributed by atoms with E-state index < -0.39 is 5.97 Å². The van der Waals surface area contributed by atoms with Crippen molar-refractivity contribution in [1.82, 2.24) is 5.32 Å². The predicted octanol–water partition coefficient (Wildman–Crippen LogP) is 3.13. The number of benzene rings is 1. The van der Waals surface area contributed by atoms with Gasteiger partial charge in [0, 0.05) is 12.2 Å². The van der Waals surface area contributed by atoms with E-state index in [1.807, 2.05) is 0 Å². The van der Waals surface area contributed by atoms with Crippen molar-refractivity contribution in [2.75, 3.05) is 11.9 Å². The third-order valence-corrected chi connectivity index (χ3v) is 2.64. The Balaban J connectivity index is 2.53. The van der Waals surface area contributed by atoms with Crippen molar-refractivity contribution in [2.45, 2.75) is 12.8 Å². The summed E-state index contributed by atoms with van der Waals surface area (Å²) in [4.78, 5) is 22.3. The molecule has 0 fully saturated rings. The van der Waals surface area contributed by atoms with Crippen LogP contribution in [0.1, 0.15) is 23.2 Å². The summed E-state index contributed by atoms with van der Waals surface area (Å²) in [6.07, 6.45) is 3.43. The zero-order valence-electron chi connectivity index (χ0n) is 10.3. The highest BCUT2D eigenvalue weighted by molar-refractivity contribution is 6.33. The standard InChI is InChI=1S/C13H15ClN2O3/c1-2-3-4-7-15-13(19)16-9-5-6-10(12(17)18)11(14)8-9/h2,5-6,8H,1,3-4,7H2,(H,17,18)(H2,15,16,19). The van der Waals surface area contributed by atoms with Crippen LogP contribution in [0.2, 0.25) is 5.02 Å². The molecule has 5 nitrogen and oxygen atoms in total. The first kappa shape index (κ1) is 15.0. The summed E-state index contributed by atoms with van der Waals surface area (Å²) < 4.78 is 0. The van der Waals surface area contributed by atoms with E-state index in [1.165, 1.54) is 18.2 Å². The van der Waals surface area contributed by atoms with Crippen molar-refractivity contribution < 1.29 is 14.7 Å². The average Bonchev–Trinajstić information content (AvgIpc) is 2.34. The number of rotatable bonds is 6. The van der Waals surface area contributed by atoms with Crippen LogP contribution in [0.4, 0.5) is 10.5 Å². The summed E-state index contributed by atoms with van der Waals surface area (Å²) in [5, 5.41) is 14.1. The molecule has 19 heavy (non-hydrogen) atoms. The van der Waals surface area contributed by atoms with E-state index in [1.54, 1.807) is 6.08 Å². The Kier molecular flexibility index (Phi) is 5.89. The smallest absolute Gasteiger partial charge is 0.337 e. The van der Waals surface area contributed by atoms with Crippen molar-refractivity contribution in [2.24, 2.45) is 0 Å². The van der Waals surface area contributed by atoms with Crippen LogP contribution >= 0.6 is 11.6 Å². The second-order valence-electron chi connectivity index (χ2n) is 3.81. The van der Waals surface area contributed by atoms with E-state index in [2.05, 4.69) is 17.2 Å². The average molecular weight is 283 g/mol. The maximum Gasteiger partial charge on any atom is 0.337 e. The number of urea groups is 1. The minimum Gasteiger partial charge on any atom is -0.478 e. The van der Waals surface area contributed by atoms with Gasteiger partial charge in [-0.25, -0.2) is 9.59 Å². The van der Waals surface area contributed by atoms with Crippen LogP contribution in [0.15, 0.2) is 30.9 Å².